The highest BCUT2D eigenvalue weighted by Crippen LogP contribution is 2.29. The number of carbonyl (C=O) groups is 2. The maximum absolute atomic E-state index is 12.8. The molecule has 1 amide bonds. The van der Waals surface area contributed by atoms with Crippen molar-refractivity contribution in [2.24, 2.45) is 5.92 Å². The van der Waals surface area contributed by atoms with Gasteiger partial charge < -0.3 is 19.6 Å². The number of carbonyl (C=O) groups excluding carboxylic acids is 1. The summed E-state index contributed by atoms with van der Waals surface area (Å²) in [7, 11) is 0. The van der Waals surface area contributed by atoms with E-state index in [-0.39, 0.29) is 12.1 Å². The van der Waals surface area contributed by atoms with E-state index in [0.29, 0.717) is 23.2 Å². The summed E-state index contributed by atoms with van der Waals surface area (Å²) in [6, 6.07) is 17.4. The Hall–Kier alpha value is -3.84. The van der Waals surface area contributed by atoms with E-state index >= 15 is 0 Å². The second-order valence-corrected chi connectivity index (χ2v) is 9.22. The molecule has 1 saturated carbocycles. The number of carboxylic acids is 1. The zero-order chi connectivity index (χ0) is 24.4. The average Bonchev–Trinajstić information content (AvgIpc) is 3.59. The SMILES string of the molecule is O=C(N[C@@H](Cc1ccc(OCC2CC2)cc1)C(=O)O)c1cn2cc(-c3ccc(Cl)cc3)ccc2n1. The van der Waals surface area contributed by atoms with Gasteiger partial charge in [-0.2, -0.15) is 0 Å². The highest BCUT2D eigenvalue weighted by Gasteiger charge is 2.23. The first-order valence-electron chi connectivity index (χ1n) is 11.4. The molecule has 8 heteroatoms. The Morgan fingerprint density at radius 2 is 1.74 bits per heavy atom. The summed E-state index contributed by atoms with van der Waals surface area (Å²) in [6.07, 6.45) is 6.04. The Morgan fingerprint density at radius 1 is 1.03 bits per heavy atom. The van der Waals surface area contributed by atoms with Crippen LogP contribution in [-0.4, -0.2) is 39.0 Å². The van der Waals surface area contributed by atoms with Crippen LogP contribution in [0.1, 0.15) is 28.9 Å². The van der Waals surface area contributed by atoms with Crippen LogP contribution in [0.2, 0.25) is 5.02 Å². The molecule has 0 bridgehead atoms. The van der Waals surface area contributed by atoms with Crippen LogP contribution < -0.4 is 10.1 Å². The lowest BCUT2D eigenvalue weighted by Crippen LogP contribution is -2.42. The highest BCUT2D eigenvalue weighted by molar-refractivity contribution is 6.30. The number of halogens is 1. The number of aromatic nitrogens is 2. The maximum atomic E-state index is 12.8. The number of hydrogen-bond acceptors (Lipinski definition) is 4. The van der Waals surface area contributed by atoms with E-state index in [2.05, 4.69) is 10.3 Å². The summed E-state index contributed by atoms with van der Waals surface area (Å²) < 4.78 is 7.47. The minimum atomic E-state index is -1.11. The zero-order valence-corrected chi connectivity index (χ0v) is 19.6. The van der Waals surface area contributed by atoms with Crippen molar-refractivity contribution in [3.8, 4) is 16.9 Å². The number of amides is 1. The first-order chi connectivity index (χ1) is 16.9. The number of benzene rings is 2. The van der Waals surface area contributed by atoms with E-state index in [1.54, 1.807) is 10.6 Å². The number of hydrogen-bond donors (Lipinski definition) is 2. The molecule has 0 unspecified atom stereocenters. The molecule has 2 aromatic carbocycles. The van der Waals surface area contributed by atoms with Crippen molar-refractivity contribution < 1.29 is 19.4 Å². The van der Waals surface area contributed by atoms with Gasteiger partial charge in [0, 0.05) is 23.8 Å². The molecule has 2 heterocycles. The monoisotopic (exact) mass is 489 g/mol. The van der Waals surface area contributed by atoms with Crippen molar-refractivity contribution in [2.45, 2.75) is 25.3 Å². The smallest absolute Gasteiger partial charge is 0.326 e. The van der Waals surface area contributed by atoms with Gasteiger partial charge in [-0.1, -0.05) is 35.9 Å². The number of rotatable bonds is 9. The standard InChI is InChI=1S/C27H24ClN3O4/c28-21-8-5-19(6-9-21)20-7-12-25-29-24(15-31(25)14-20)26(32)30-23(27(33)34)13-17-3-10-22(11-4-17)35-16-18-1-2-18/h3-12,14-15,18,23H,1-2,13,16H2,(H,30,32)(H,33,34)/t23-/m0/s1. The molecule has 2 N–H and O–H groups in total. The Kier molecular flexibility index (Phi) is 6.42. The van der Waals surface area contributed by atoms with Crippen molar-refractivity contribution in [3.05, 3.63) is 89.3 Å². The summed E-state index contributed by atoms with van der Waals surface area (Å²) in [5.41, 5.74) is 3.44. The molecule has 5 rings (SSSR count). The van der Waals surface area contributed by atoms with E-state index in [4.69, 9.17) is 16.3 Å². The van der Waals surface area contributed by atoms with Crippen LogP contribution in [0.4, 0.5) is 0 Å². The molecule has 0 saturated heterocycles. The molecule has 1 aliphatic rings. The Labute approximate surface area is 207 Å². The van der Waals surface area contributed by atoms with Crippen molar-refractivity contribution >= 4 is 29.1 Å². The van der Waals surface area contributed by atoms with E-state index < -0.39 is 17.9 Å². The summed E-state index contributed by atoms with van der Waals surface area (Å²) in [5, 5.41) is 12.9. The van der Waals surface area contributed by atoms with Gasteiger partial charge in [-0.05, 0) is 71.8 Å². The van der Waals surface area contributed by atoms with Crippen LogP contribution in [0.3, 0.4) is 0 Å². The van der Waals surface area contributed by atoms with Crippen LogP contribution >= 0.6 is 11.6 Å². The fraction of sp³-hybridized carbons (Fsp3) is 0.222. The maximum Gasteiger partial charge on any atom is 0.326 e. The number of ether oxygens (including phenoxy) is 1. The van der Waals surface area contributed by atoms with Crippen molar-refractivity contribution in [1.29, 1.82) is 0 Å². The summed E-state index contributed by atoms with van der Waals surface area (Å²) in [5.74, 6) is -0.233. The van der Waals surface area contributed by atoms with Gasteiger partial charge in [-0.25, -0.2) is 9.78 Å². The number of imidazole rings is 1. The lowest BCUT2D eigenvalue weighted by atomic mass is 10.1. The quantitative estimate of drug-likeness (QED) is 0.350. The normalized spacial score (nSPS) is 14.0. The third-order valence-electron chi connectivity index (χ3n) is 6.01. The Morgan fingerprint density at radius 3 is 2.43 bits per heavy atom. The number of fused-ring (bicyclic) bond motifs is 1. The second-order valence-electron chi connectivity index (χ2n) is 8.78. The van der Waals surface area contributed by atoms with Crippen molar-refractivity contribution in [3.63, 3.8) is 0 Å². The number of nitrogens with zero attached hydrogens (tertiary/aromatic N) is 2. The van der Waals surface area contributed by atoms with E-state index in [1.807, 2.05) is 66.9 Å². The number of nitrogens with one attached hydrogen (secondary N) is 1. The third-order valence-corrected chi connectivity index (χ3v) is 6.26. The third kappa shape index (κ3) is 5.63. The Balaban J connectivity index is 1.26. The first kappa shape index (κ1) is 22.9. The van der Waals surface area contributed by atoms with Crippen molar-refractivity contribution in [1.82, 2.24) is 14.7 Å². The molecule has 1 atom stereocenters. The van der Waals surface area contributed by atoms with Gasteiger partial charge in [-0.15, -0.1) is 0 Å². The lowest BCUT2D eigenvalue weighted by Gasteiger charge is -2.14. The second kappa shape index (κ2) is 9.80. The predicted octanol–water partition coefficient (Wildman–Crippen LogP) is 4.87. The molecular weight excluding hydrogens is 466 g/mol. The molecule has 1 aliphatic carbocycles. The van der Waals surface area contributed by atoms with Gasteiger partial charge in [0.15, 0.2) is 0 Å². The molecule has 0 aliphatic heterocycles. The van der Waals surface area contributed by atoms with Gasteiger partial charge in [0.2, 0.25) is 0 Å². The summed E-state index contributed by atoms with van der Waals surface area (Å²) in [6.45, 7) is 0.716. The number of aliphatic carboxylic acids is 1. The molecule has 0 radical (unpaired) electrons. The molecule has 0 spiro atoms. The van der Waals surface area contributed by atoms with E-state index in [0.717, 1.165) is 22.4 Å². The molecule has 4 aromatic rings. The largest absolute Gasteiger partial charge is 0.493 e. The zero-order valence-electron chi connectivity index (χ0n) is 18.9. The number of pyridine rings is 1. The minimum Gasteiger partial charge on any atom is -0.493 e. The van der Waals surface area contributed by atoms with Gasteiger partial charge >= 0.3 is 5.97 Å². The minimum absolute atomic E-state index is 0.147. The molecule has 7 nitrogen and oxygen atoms in total. The van der Waals surface area contributed by atoms with E-state index in [9.17, 15) is 14.7 Å². The predicted molar refractivity (Wildman–Crippen MR) is 133 cm³/mol. The van der Waals surface area contributed by atoms with Gasteiger partial charge in [0.05, 0.1) is 6.61 Å². The first-order valence-corrected chi connectivity index (χ1v) is 11.8. The Bertz CT molecular complexity index is 1360. The summed E-state index contributed by atoms with van der Waals surface area (Å²) >= 11 is 5.97. The van der Waals surface area contributed by atoms with Crippen LogP contribution in [0.5, 0.6) is 5.75 Å². The van der Waals surface area contributed by atoms with Crippen molar-refractivity contribution in [2.75, 3.05) is 6.61 Å². The van der Waals surface area contributed by atoms with Crippen LogP contribution in [-0.2, 0) is 11.2 Å². The topological polar surface area (TPSA) is 92.9 Å². The molecule has 35 heavy (non-hydrogen) atoms. The molecule has 178 valence electrons. The highest BCUT2D eigenvalue weighted by atomic mass is 35.5. The fourth-order valence-electron chi connectivity index (χ4n) is 3.80. The van der Waals surface area contributed by atoms with Crippen LogP contribution in [0, 0.1) is 5.92 Å². The lowest BCUT2D eigenvalue weighted by molar-refractivity contribution is -0.139. The fourth-order valence-corrected chi connectivity index (χ4v) is 3.93. The number of carboxylic acid groups (broad SMARTS) is 1. The molecule has 1 fully saturated rings. The van der Waals surface area contributed by atoms with E-state index in [1.165, 1.54) is 12.8 Å². The van der Waals surface area contributed by atoms with Gasteiger partial charge in [0.25, 0.3) is 5.91 Å². The van der Waals surface area contributed by atoms with Gasteiger partial charge in [0.1, 0.15) is 23.1 Å². The van der Waals surface area contributed by atoms with Gasteiger partial charge in [-0.3, -0.25) is 4.79 Å². The van der Waals surface area contributed by atoms with Crippen LogP contribution in [0.15, 0.2) is 73.1 Å². The van der Waals surface area contributed by atoms with Crippen LogP contribution in [0.25, 0.3) is 16.8 Å². The molecule has 2 aromatic heterocycles. The molecular formula is C27H24ClN3O4. The average molecular weight is 490 g/mol. The summed E-state index contributed by atoms with van der Waals surface area (Å²) in [4.78, 5) is 29.0.